The molecule has 0 radical (unpaired) electrons. The van der Waals surface area contributed by atoms with Crippen molar-refractivity contribution in [3.05, 3.63) is 88.0 Å². The van der Waals surface area contributed by atoms with Gasteiger partial charge in [0, 0.05) is 17.7 Å². The molecule has 2 amide bonds. The van der Waals surface area contributed by atoms with Crippen molar-refractivity contribution >= 4 is 46.6 Å². The zero-order valence-electron chi connectivity index (χ0n) is 19.1. The molecule has 0 bridgehead atoms. The minimum atomic E-state index is -0.745. The molecule has 36 heavy (non-hydrogen) atoms. The van der Waals surface area contributed by atoms with Crippen LogP contribution in [-0.2, 0) is 9.59 Å². The summed E-state index contributed by atoms with van der Waals surface area (Å²) in [5.41, 5.74) is -0.104. The van der Waals surface area contributed by atoms with E-state index in [2.05, 4.69) is 5.32 Å². The molecule has 0 aromatic heterocycles. The van der Waals surface area contributed by atoms with E-state index < -0.39 is 16.7 Å². The molecule has 3 aromatic rings. The quantitative estimate of drug-likeness (QED) is 0.167. The van der Waals surface area contributed by atoms with Gasteiger partial charge in [-0.2, -0.15) is 0 Å². The highest BCUT2D eigenvalue weighted by molar-refractivity contribution is 7.80. The molecule has 0 spiro atoms. The smallest absolute Gasteiger partial charge is 0.311 e. The first kappa shape index (κ1) is 24.4. The number of nitro benzene ring substituents is 1. The number of hydrogen-bond donors (Lipinski definition) is 1. The van der Waals surface area contributed by atoms with Crippen molar-refractivity contribution in [2.45, 2.75) is 0 Å². The molecule has 1 fully saturated rings. The number of nitro groups is 1. The van der Waals surface area contributed by atoms with Gasteiger partial charge in [0.2, 0.25) is 5.75 Å². The number of carbonyl (C=O) groups excluding carboxylic acids is 2. The molecule has 1 heterocycles. The van der Waals surface area contributed by atoms with Crippen molar-refractivity contribution in [3.8, 4) is 23.0 Å². The van der Waals surface area contributed by atoms with Gasteiger partial charge < -0.3 is 14.2 Å². The highest BCUT2D eigenvalue weighted by atomic mass is 32.1. The lowest BCUT2D eigenvalue weighted by molar-refractivity contribution is -0.385. The molecule has 11 heteroatoms. The third-order valence-corrected chi connectivity index (χ3v) is 5.49. The van der Waals surface area contributed by atoms with Crippen LogP contribution in [0.3, 0.4) is 0 Å². The van der Waals surface area contributed by atoms with Crippen molar-refractivity contribution in [2.75, 3.05) is 19.1 Å². The highest BCUT2D eigenvalue weighted by Crippen LogP contribution is 2.36. The molecule has 10 nitrogen and oxygen atoms in total. The molecular weight excluding hydrogens is 486 g/mol. The van der Waals surface area contributed by atoms with Gasteiger partial charge in [0.05, 0.1) is 24.8 Å². The summed E-state index contributed by atoms with van der Waals surface area (Å²) in [5, 5.41) is 13.8. The normalized spacial score (nSPS) is 14.4. The minimum Gasteiger partial charge on any atom is -0.496 e. The SMILES string of the molecule is COc1cc(OC)c([N+](=O)[O-])cc1C=C1C(=O)NC(=S)N(c2ccc(Oc3ccccc3)cc2)C1=O. The Balaban J connectivity index is 1.68. The molecule has 1 N–H and O–H groups in total. The van der Waals surface area contributed by atoms with Crippen LogP contribution < -0.4 is 24.4 Å². The van der Waals surface area contributed by atoms with E-state index in [9.17, 15) is 19.7 Å². The lowest BCUT2D eigenvalue weighted by atomic mass is 10.0. The first-order valence-electron chi connectivity index (χ1n) is 10.5. The zero-order chi connectivity index (χ0) is 25.8. The molecule has 3 aromatic carbocycles. The Morgan fingerprint density at radius 1 is 0.944 bits per heavy atom. The first-order valence-corrected chi connectivity index (χ1v) is 10.9. The lowest BCUT2D eigenvalue weighted by Gasteiger charge is -2.29. The molecule has 0 saturated carbocycles. The van der Waals surface area contributed by atoms with Crippen LogP contribution in [0.4, 0.5) is 11.4 Å². The second kappa shape index (κ2) is 10.2. The van der Waals surface area contributed by atoms with Crippen LogP contribution in [0.15, 0.2) is 72.3 Å². The van der Waals surface area contributed by atoms with E-state index in [0.717, 1.165) is 11.0 Å². The number of hydrogen-bond acceptors (Lipinski definition) is 8. The van der Waals surface area contributed by atoms with Gasteiger partial charge in [-0.15, -0.1) is 0 Å². The third-order valence-electron chi connectivity index (χ3n) is 5.20. The number of para-hydroxylation sites is 1. The minimum absolute atomic E-state index is 0.0287. The lowest BCUT2D eigenvalue weighted by Crippen LogP contribution is -2.54. The number of anilines is 1. The van der Waals surface area contributed by atoms with Crippen LogP contribution in [-0.4, -0.2) is 36.1 Å². The van der Waals surface area contributed by atoms with Crippen molar-refractivity contribution in [1.82, 2.24) is 5.32 Å². The van der Waals surface area contributed by atoms with Crippen LogP contribution in [0.1, 0.15) is 5.56 Å². The fourth-order valence-corrected chi connectivity index (χ4v) is 3.78. The van der Waals surface area contributed by atoms with Crippen molar-refractivity contribution < 1.29 is 28.7 Å². The van der Waals surface area contributed by atoms with Crippen LogP contribution in [0, 0.1) is 10.1 Å². The maximum absolute atomic E-state index is 13.3. The number of benzene rings is 3. The van der Waals surface area contributed by atoms with Gasteiger partial charge in [-0.3, -0.25) is 29.9 Å². The number of thiocarbonyl (C=S) groups is 1. The van der Waals surface area contributed by atoms with E-state index in [1.807, 2.05) is 30.3 Å². The predicted molar refractivity (Wildman–Crippen MR) is 135 cm³/mol. The second-order valence-electron chi connectivity index (χ2n) is 7.39. The van der Waals surface area contributed by atoms with E-state index in [0.29, 0.717) is 17.2 Å². The van der Waals surface area contributed by atoms with Crippen LogP contribution in [0.5, 0.6) is 23.0 Å². The molecule has 1 aliphatic heterocycles. The van der Waals surface area contributed by atoms with Gasteiger partial charge in [0.25, 0.3) is 11.8 Å². The summed E-state index contributed by atoms with van der Waals surface area (Å²) in [6, 6.07) is 18.2. The second-order valence-corrected chi connectivity index (χ2v) is 7.78. The van der Waals surface area contributed by atoms with Gasteiger partial charge >= 0.3 is 5.69 Å². The van der Waals surface area contributed by atoms with Crippen molar-refractivity contribution in [2.24, 2.45) is 0 Å². The van der Waals surface area contributed by atoms with E-state index in [1.54, 1.807) is 24.3 Å². The monoisotopic (exact) mass is 505 g/mol. The van der Waals surface area contributed by atoms with Gasteiger partial charge in [0.15, 0.2) is 5.11 Å². The average Bonchev–Trinajstić information content (AvgIpc) is 2.87. The number of amides is 2. The average molecular weight is 506 g/mol. The maximum Gasteiger partial charge on any atom is 0.311 e. The summed E-state index contributed by atoms with van der Waals surface area (Å²) in [6.07, 6.45) is 1.21. The van der Waals surface area contributed by atoms with E-state index in [-0.39, 0.29) is 33.4 Å². The van der Waals surface area contributed by atoms with Gasteiger partial charge in [-0.1, -0.05) is 18.2 Å². The molecule has 0 aliphatic carbocycles. The summed E-state index contributed by atoms with van der Waals surface area (Å²) in [4.78, 5) is 38.0. The summed E-state index contributed by atoms with van der Waals surface area (Å²) >= 11 is 5.24. The molecule has 4 rings (SSSR count). The Bertz CT molecular complexity index is 1390. The van der Waals surface area contributed by atoms with Crippen LogP contribution in [0.25, 0.3) is 6.08 Å². The number of methoxy groups -OCH3 is 2. The predicted octanol–water partition coefficient (Wildman–Crippen LogP) is 4.24. The summed E-state index contributed by atoms with van der Waals surface area (Å²) in [7, 11) is 2.64. The fourth-order valence-electron chi connectivity index (χ4n) is 3.50. The molecule has 0 atom stereocenters. The zero-order valence-corrected chi connectivity index (χ0v) is 19.9. The topological polar surface area (TPSA) is 120 Å². The number of carbonyl (C=O) groups is 2. The fraction of sp³-hybridized carbons (Fsp3) is 0.0800. The summed E-state index contributed by atoms with van der Waals surface area (Å²) in [5.74, 6) is -0.122. The summed E-state index contributed by atoms with van der Waals surface area (Å²) < 4.78 is 16.1. The van der Waals surface area contributed by atoms with Gasteiger partial charge in [0.1, 0.15) is 22.8 Å². The number of nitrogens with zero attached hydrogens (tertiary/aromatic N) is 2. The van der Waals surface area contributed by atoms with Crippen molar-refractivity contribution in [1.29, 1.82) is 0 Å². The molecule has 1 aliphatic rings. The van der Waals surface area contributed by atoms with Gasteiger partial charge in [-0.25, -0.2) is 0 Å². The summed E-state index contributed by atoms with van der Waals surface area (Å²) in [6.45, 7) is 0. The Morgan fingerprint density at radius 2 is 1.58 bits per heavy atom. The number of nitrogens with one attached hydrogen (secondary N) is 1. The van der Waals surface area contributed by atoms with Crippen LogP contribution in [0.2, 0.25) is 0 Å². The van der Waals surface area contributed by atoms with E-state index in [1.165, 1.54) is 26.4 Å². The van der Waals surface area contributed by atoms with E-state index in [4.69, 9.17) is 26.4 Å². The Labute approximate surface area is 210 Å². The first-order chi connectivity index (χ1) is 17.3. The molecule has 1 saturated heterocycles. The van der Waals surface area contributed by atoms with E-state index >= 15 is 0 Å². The third kappa shape index (κ3) is 4.86. The largest absolute Gasteiger partial charge is 0.496 e. The highest BCUT2D eigenvalue weighted by Gasteiger charge is 2.35. The number of rotatable bonds is 7. The Morgan fingerprint density at radius 3 is 2.19 bits per heavy atom. The van der Waals surface area contributed by atoms with Crippen molar-refractivity contribution in [3.63, 3.8) is 0 Å². The Hall–Kier alpha value is -4.77. The number of ether oxygens (including phenoxy) is 3. The Kier molecular flexibility index (Phi) is 6.93. The van der Waals surface area contributed by atoms with Gasteiger partial charge in [-0.05, 0) is 54.7 Å². The molecular formula is C25H19N3O7S. The standard InChI is InChI=1S/C25H19N3O7S/c1-33-21-14-22(34-2)20(28(31)32)13-15(21)12-19-23(29)26-25(36)27(24(19)30)16-8-10-18(11-9-16)35-17-6-4-3-5-7-17/h3-14H,1-2H3,(H,26,29,36). The molecule has 0 unspecified atom stereocenters. The van der Waals surface area contributed by atoms with Crippen LogP contribution >= 0.6 is 12.2 Å². The molecule has 182 valence electrons. The maximum atomic E-state index is 13.3.